The summed E-state index contributed by atoms with van der Waals surface area (Å²) < 4.78 is 12.7. The van der Waals surface area contributed by atoms with Crippen LogP contribution in [0.3, 0.4) is 0 Å². The topological polar surface area (TPSA) is 82.5 Å². The quantitative estimate of drug-likeness (QED) is 0.498. The van der Waals surface area contributed by atoms with E-state index in [2.05, 4.69) is 16.4 Å². The van der Waals surface area contributed by atoms with Crippen LogP contribution in [-0.2, 0) is 17.6 Å². The molecule has 158 valence electrons. The van der Waals surface area contributed by atoms with E-state index in [1.54, 1.807) is 4.57 Å². The molecular formula is C23H21N3O4S. The number of aromatic nitrogens is 2. The Kier molecular flexibility index (Phi) is 4.94. The highest BCUT2D eigenvalue weighted by molar-refractivity contribution is 7.98. The Morgan fingerprint density at radius 3 is 2.84 bits per heavy atom. The van der Waals surface area contributed by atoms with Crippen molar-refractivity contribution in [3.63, 3.8) is 0 Å². The van der Waals surface area contributed by atoms with Crippen molar-refractivity contribution in [3.8, 4) is 11.5 Å². The van der Waals surface area contributed by atoms with Gasteiger partial charge in [0.25, 0.3) is 5.56 Å². The van der Waals surface area contributed by atoms with Gasteiger partial charge in [0.15, 0.2) is 16.7 Å². The van der Waals surface area contributed by atoms with Crippen molar-refractivity contribution < 1.29 is 14.3 Å². The second kappa shape index (κ2) is 7.77. The Hall–Kier alpha value is -3.26. The highest BCUT2D eigenvalue weighted by Crippen LogP contribution is 2.40. The molecule has 3 heterocycles. The predicted molar refractivity (Wildman–Crippen MR) is 118 cm³/mol. The molecule has 3 aromatic rings. The lowest BCUT2D eigenvalue weighted by molar-refractivity contribution is -0.116. The third-order valence-corrected chi connectivity index (χ3v) is 6.65. The molecule has 31 heavy (non-hydrogen) atoms. The molecule has 0 radical (unpaired) electrons. The smallest absolute Gasteiger partial charge is 0.279 e. The average Bonchev–Trinajstić information content (AvgIpc) is 3.22. The molecule has 1 unspecified atom stereocenters. The molecule has 0 saturated heterocycles. The van der Waals surface area contributed by atoms with Crippen molar-refractivity contribution in [3.05, 3.63) is 75.1 Å². The summed E-state index contributed by atoms with van der Waals surface area (Å²) in [7, 11) is 1.83. The predicted octanol–water partition coefficient (Wildman–Crippen LogP) is 3.58. The maximum atomic E-state index is 13.1. The minimum absolute atomic E-state index is 0.133. The first-order chi connectivity index (χ1) is 15.0. The van der Waals surface area contributed by atoms with Gasteiger partial charge in [0.2, 0.25) is 12.7 Å². The van der Waals surface area contributed by atoms with Gasteiger partial charge in [-0.25, -0.2) is 0 Å². The summed E-state index contributed by atoms with van der Waals surface area (Å²) in [4.78, 5) is 30.0. The number of hydrogen-bond donors (Lipinski definition) is 1. The van der Waals surface area contributed by atoms with Crippen molar-refractivity contribution in [1.29, 1.82) is 0 Å². The number of hydrogen-bond acceptors (Lipinski definition) is 6. The number of rotatable bonds is 4. The molecule has 1 amide bonds. The van der Waals surface area contributed by atoms with Crippen LogP contribution in [0.1, 0.15) is 34.6 Å². The van der Waals surface area contributed by atoms with Crippen LogP contribution in [0.5, 0.6) is 11.5 Å². The van der Waals surface area contributed by atoms with Crippen LogP contribution in [0, 0.1) is 6.92 Å². The van der Waals surface area contributed by atoms with E-state index in [0.29, 0.717) is 33.8 Å². The lowest BCUT2D eigenvalue weighted by atomic mass is 9.86. The Labute approximate surface area is 183 Å². The lowest BCUT2D eigenvalue weighted by Crippen LogP contribution is -2.33. The number of carbonyl (C=O) groups is 1. The van der Waals surface area contributed by atoms with Crippen molar-refractivity contribution in [2.45, 2.75) is 30.2 Å². The number of fused-ring (bicyclic) bond motifs is 2. The normalized spacial score (nSPS) is 16.7. The van der Waals surface area contributed by atoms with Gasteiger partial charge >= 0.3 is 0 Å². The van der Waals surface area contributed by atoms with Crippen LogP contribution in [0.4, 0.5) is 5.82 Å². The second-order valence-electron chi connectivity index (χ2n) is 7.72. The summed E-state index contributed by atoms with van der Waals surface area (Å²) in [6.45, 7) is 2.22. The highest BCUT2D eigenvalue weighted by atomic mass is 32.2. The van der Waals surface area contributed by atoms with Crippen LogP contribution in [-0.4, -0.2) is 22.3 Å². The van der Waals surface area contributed by atoms with Gasteiger partial charge in [-0.3, -0.25) is 9.59 Å². The number of nitrogens with one attached hydrogen (secondary N) is 1. The van der Waals surface area contributed by atoms with E-state index < -0.39 is 0 Å². The zero-order chi connectivity index (χ0) is 21.5. The third-order valence-electron chi connectivity index (χ3n) is 5.55. The summed E-state index contributed by atoms with van der Waals surface area (Å²) in [6.07, 6.45) is 0.180. The van der Waals surface area contributed by atoms with Crippen LogP contribution >= 0.6 is 11.8 Å². The molecule has 2 aromatic carbocycles. The molecule has 8 heteroatoms. The number of thioether (sulfide) groups is 1. The SMILES string of the molecule is Cc1cccc(CSc2nc(=O)c3c(n2C)NC(=O)CC3c2ccc3c(c2)OCO3)c1. The van der Waals surface area contributed by atoms with E-state index in [1.165, 1.54) is 17.3 Å². The van der Waals surface area contributed by atoms with Gasteiger partial charge in [0.05, 0.1) is 5.56 Å². The first-order valence-electron chi connectivity index (χ1n) is 9.98. The fourth-order valence-corrected chi connectivity index (χ4v) is 4.94. The minimum atomic E-state index is -0.389. The molecule has 2 aliphatic heterocycles. The van der Waals surface area contributed by atoms with Gasteiger partial charge in [-0.1, -0.05) is 47.7 Å². The van der Waals surface area contributed by atoms with Crippen LogP contribution in [0.2, 0.25) is 0 Å². The Bertz CT molecular complexity index is 1250. The standard InChI is InChI=1S/C23H21N3O4S/c1-13-4-3-5-14(8-13)11-31-23-25-22(28)20-16(10-19(27)24-21(20)26(23)2)15-6-7-17-18(9-15)30-12-29-17/h3-9,16H,10-12H2,1-2H3,(H,24,27). The number of benzene rings is 2. The Balaban J connectivity index is 1.51. The first kappa shape index (κ1) is 19.7. The molecule has 0 spiro atoms. The molecule has 1 atom stereocenters. The van der Waals surface area contributed by atoms with Gasteiger partial charge in [-0.2, -0.15) is 4.98 Å². The van der Waals surface area contributed by atoms with Crippen molar-refractivity contribution in [2.24, 2.45) is 7.05 Å². The largest absolute Gasteiger partial charge is 0.454 e. The zero-order valence-electron chi connectivity index (χ0n) is 17.2. The zero-order valence-corrected chi connectivity index (χ0v) is 18.0. The molecule has 5 rings (SSSR count). The van der Waals surface area contributed by atoms with E-state index in [-0.39, 0.29) is 30.6 Å². The first-order valence-corrected chi connectivity index (χ1v) is 11.0. The van der Waals surface area contributed by atoms with E-state index in [9.17, 15) is 9.59 Å². The number of amides is 1. The Morgan fingerprint density at radius 1 is 1.16 bits per heavy atom. The number of aryl methyl sites for hydroxylation is 1. The van der Waals surface area contributed by atoms with Crippen LogP contribution in [0.25, 0.3) is 0 Å². The van der Waals surface area contributed by atoms with Crippen LogP contribution in [0.15, 0.2) is 52.4 Å². The van der Waals surface area contributed by atoms with Crippen molar-refractivity contribution >= 4 is 23.5 Å². The molecule has 0 aliphatic carbocycles. The molecule has 0 saturated carbocycles. The van der Waals surface area contributed by atoms with Crippen molar-refractivity contribution in [2.75, 3.05) is 12.1 Å². The molecule has 1 N–H and O–H groups in total. The maximum absolute atomic E-state index is 13.1. The highest BCUT2D eigenvalue weighted by Gasteiger charge is 2.33. The summed E-state index contributed by atoms with van der Waals surface area (Å²) in [6, 6.07) is 13.8. The van der Waals surface area contributed by atoms with Gasteiger partial charge in [-0.05, 0) is 30.2 Å². The van der Waals surface area contributed by atoms with Gasteiger partial charge in [-0.15, -0.1) is 0 Å². The van der Waals surface area contributed by atoms with Gasteiger partial charge in [0, 0.05) is 25.1 Å². The molecular weight excluding hydrogens is 414 g/mol. The van der Waals surface area contributed by atoms with E-state index >= 15 is 0 Å². The summed E-state index contributed by atoms with van der Waals surface area (Å²) >= 11 is 1.47. The number of nitrogens with zero attached hydrogens (tertiary/aromatic N) is 2. The third kappa shape index (κ3) is 3.67. The minimum Gasteiger partial charge on any atom is -0.454 e. The number of anilines is 1. The van der Waals surface area contributed by atoms with E-state index in [4.69, 9.17) is 9.47 Å². The van der Waals surface area contributed by atoms with Crippen LogP contribution < -0.4 is 20.3 Å². The fraction of sp³-hybridized carbons (Fsp3) is 0.261. The fourth-order valence-electron chi connectivity index (χ4n) is 4.03. The van der Waals surface area contributed by atoms with Gasteiger partial charge < -0.3 is 19.4 Å². The average molecular weight is 436 g/mol. The monoisotopic (exact) mass is 435 g/mol. The summed E-state index contributed by atoms with van der Waals surface area (Å²) in [5.74, 6) is 1.95. The molecule has 1 aromatic heterocycles. The van der Waals surface area contributed by atoms with Gasteiger partial charge in [0.1, 0.15) is 5.82 Å². The molecule has 0 fully saturated rings. The second-order valence-corrected chi connectivity index (χ2v) is 8.66. The molecule has 0 bridgehead atoms. The lowest BCUT2D eigenvalue weighted by Gasteiger charge is -2.27. The van der Waals surface area contributed by atoms with E-state index in [1.807, 2.05) is 50.4 Å². The molecule has 7 nitrogen and oxygen atoms in total. The number of ether oxygens (including phenoxy) is 2. The van der Waals surface area contributed by atoms with Crippen molar-refractivity contribution in [1.82, 2.24) is 9.55 Å². The Morgan fingerprint density at radius 2 is 2.00 bits per heavy atom. The summed E-state index contributed by atoms with van der Waals surface area (Å²) in [5.41, 5.74) is 3.35. The number of carbonyl (C=O) groups excluding carboxylic acids is 1. The van der Waals surface area contributed by atoms with E-state index in [0.717, 1.165) is 11.1 Å². The summed E-state index contributed by atoms with van der Waals surface area (Å²) in [5, 5.41) is 3.45. The maximum Gasteiger partial charge on any atom is 0.279 e. The molecule has 2 aliphatic rings.